The maximum absolute atomic E-state index is 4.93. The molecule has 202 valence electrons. The largest absolute Gasteiger partial charge is 0.208 e. The number of fused-ring (bicyclic) bond motifs is 3. The van der Waals surface area contributed by atoms with E-state index in [-0.39, 0.29) is 0 Å². The van der Waals surface area contributed by atoms with Crippen LogP contribution in [-0.4, -0.2) is 15.0 Å². The molecule has 3 nitrogen and oxygen atoms in total. The molecule has 0 radical (unpaired) electrons. The first-order chi connectivity index (χ1) is 21.3. The second kappa shape index (κ2) is 10.8. The van der Waals surface area contributed by atoms with Gasteiger partial charge >= 0.3 is 0 Å². The summed E-state index contributed by atoms with van der Waals surface area (Å²) >= 11 is 1.81. The predicted molar refractivity (Wildman–Crippen MR) is 180 cm³/mol. The molecule has 4 heteroatoms. The Bertz CT molecular complexity index is 2170. The van der Waals surface area contributed by atoms with Gasteiger partial charge in [0.25, 0.3) is 0 Å². The fraction of sp³-hybridized carbons (Fsp3) is 0. The lowest BCUT2D eigenvalue weighted by atomic mass is 9.98. The van der Waals surface area contributed by atoms with Gasteiger partial charge in [-0.3, -0.25) is 0 Å². The summed E-state index contributed by atoms with van der Waals surface area (Å²) in [5.74, 6) is 2.01. The summed E-state index contributed by atoms with van der Waals surface area (Å²) in [6.07, 6.45) is 0. The number of hydrogen-bond acceptors (Lipinski definition) is 4. The van der Waals surface area contributed by atoms with Crippen LogP contribution in [-0.2, 0) is 0 Å². The van der Waals surface area contributed by atoms with E-state index in [1.807, 2.05) is 72.0 Å². The van der Waals surface area contributed by atoms with Crippen LogP contribution in [0.4, 0.5) is 0 Å². The third-order valence-corrected chi connectivity index (χ3v) is 8.85. The molecule has 8 rings (SSSR count). The number of thiophene rings is 1. The van der Waals surface area contributed by atoms with Crippen LogP contribution in [0.15, 0.2) is 152 Å². The molecule has 0 saturated carbocycles. The van der Waals surface area contributed by atoms with Crippen molar-refractivity contribution in [2.24, 2.45) is 0 Å². The lowest BCUT2D eigenvalue weighted by molar-refractivity contribution is 1.07. The molecule has 0 saturated heterocycles. The molecule has 6 aromatic carbocycles. The van der Waals surface area contributed by atoms with Gasteiger partial charge in [0.2, 0.25) is 0 Å². The lowest BCUT2D eigenvalue weighted by Gasteiger charge is -2.08. The Morgan fingerprint density at radius 2 is 0.698 bits per heavy atom. The third kappa shape index (κ3) is 4.88. The Morgan fingerprint density at radius 3 is 1.26 bits per heavy atom. The standard InChI is InChI=1S/C39H25N3S/c1-4-11-26(12-5-1)29-17-10-18-30(23-29)31-19-21-33-34-22-20-32(25-36(34)43-35(33)24-31)39-41-37(27-13-6-2-7-14-27)40-38(42-39)28-15-8-3-9-16-28/h1-25H. The van der Waals surface area contributed by atoms with Crippen molar-refractivity contribution in [3.63, 3.8) is 0 Å². The van der Waals surface area contributed by atoms with Crippen molar-refractivity contribution in [1.29, 1.82) is 0 Å². The maximum atomic E-state index is 4.93. The van der Waals surface area contributed by atoms with Gasteiger partial charge in [-0.1, -0.05) is 133 Å². The monoisotopic (exact) mass is 567 g/mol. The summed E-state index contributed by atoms with van der Waals surface area (Å²) < 4.78 is 2.48. The minimum Gasteiger partial charge on any atom is -0.208 e. The van der Waals surface area contributed by atoms with E-state index in [0.29, 0.717) is 17.5 Å². The number of hydrogen-bond donors (Lipinski definition) is 0. The number of benzene rings is 6. The SMILES string of the molecule is c1ccc(-c2cccc(-c3ccc4c(c3)sc3cc(-c5nc(-c6ccccc6)nc(-c6ccccc6)n5)ccc34)c2)cc1. The van der Waals surface area contributed by atoms with E-state index in [0.717, 1.165) is 16.7 Å². The van der Waals surface area contributed by atoms with E-state index < -0.39 is 0 Å². The Morgan fingerprint density at radius 1 is 0.302 bits per heavy atom. The quantitative estimate of drug-likeness (QED) is 0.208. The highest BCUT2D eigenvalue weighted by Crippen LogP contribution is 2.39. The molecule has 43 heavy (non-hydrogen) atoms. The first-order valence-corrected chi connectivity index (χ1v) is 15.1. The summed E-state index contributed by atoms with van der Waals surface area (Å²) in [4.78, 5) is 14.7. The van der Waals surface area contributed by atoms with Crippen LogP contribution in [0, 0.1) is 0 Å². The smallest absolute Gasteiger partial charge is 0.164 e. The van der Waals surface area contributed by atoms with Gasteiger partial charge in [0.05, 0.1) is 0 Å². The zero-order valence-corrected chi connectivity index (χ0v) is 24.0. The molecule has 0 fully saturated rings. The molecule has 0 bridgehead atoms. The van der Waals surface area contributed by atoms with E-state index in [9.17, 15) is 0 Å². The van der Waals surface area contributed by atoms with E-state index in [1.54, 1.807) is 0 Å². The minimum atomic E-state index is 0.670. The molecule has 0 spiro atoms. The number of rotatable bonds is 5. The van der Waals surface area contributed by atoms with Gasteiger partial charge in [0.15, 0.2) is 17.5 Å². The summed E-state index contributed by atoms with van der Waals surface area (Å²) in [5, 5.41) is 2.51. The molecular formula is C39H25N3S. The molecule has 0 atom stereocenters. The molecule has 0 unspecified atom stereocenters. The molecule has 0 N–H and O–H groups in total. The van der Waals surface area contributed by atoms with Crippen LogP contribution in [0.25, 0.3) is 76.6 Å². The van der Waals surface area contributed by atoms with Crippen molar-refractivity contribution >= 4 is 31.5 Å². The Balaban J connectivity index is 1.21. The highest BCUT2D eigenvalue weighted by Gasteiger charge is 2.14. The molecule has 0 aliphatic rings. The van der Waals surface area contributed by atoms with Gasteiger partial charge in [0.1, 0.15) is 0 Å². The second-order valence-corrected chi connectivity index (χ2v) is 11.6. The van der Waals surface area contributed by atoms with Gasteiger partial charge in [-0.15, -0.1) is 11.3 Å². The first-order valence-electron chi connectivity index (χ1n) is 14.3. The highest BCUT2D eigenvalue weighted by molar-refractivity contribution is 7.25. The van der Waals surface area contributed by atoms with Gasteiger partial charge in [-0.05, 0) is 40.5 Å². The molecular weight excluding hydrogens is 543 g/mol. The van der Waals surface area contributed by atoms with Crippen LogP contribution in [0.2, 0.25) is 0 Å². The summed E-state index contributed by atoms with van der Waals surface area (Å²) in [7, 11) is 0. The lowest BCUT2D eigenvalue weighted by Crippen LogP contribution is -1.99. The van der Waals surface area contributed by atoms with Crippen LogP contribution < -0.4 is 0 Å². The summed E-state index contributed by atoms with van der Waals surface area (Å²) in [6, 6.07) is 52.9. The van der Waals surface area contributed by atoms with Crippen molar-refractivity contribution < 1.29 is 0 Å². The highest BCUT2D eigenvalue weighted by atomic mass is 32.1. The molecule has 2 aromatic heterocycles. The predicted octanol–water partition coefficient (Wildman–Crippen LogP) is 10.6. The van der Waals surface area contributed by atoms with Crippen molar-refractivity contribution in [3.05, 3.63) is 152 Å². The Labute approximate surface area is 253 Å². The molecule has 8 aromatic rings. The van der Waals surface area contributed by atoms with Gasteiger partial charge in [-0.25, -0.2) is 15.0 Å². The van der Waals surface area contributed by atoms with Crippen molar-refractivity contribution in [2.45, 2.75) is 0 Å². The van der Waals surface area contributed by atoms with Gasteiger partial charge in [0, 0.05) is 36.9 Å². The van der Waals surface area contributed by atoms with Crippen LogP contribution in [0.3, 0.4) is 0 Å². The molecule has 0 amide bonds. The zero-order valence-electron chi connectivity index (χ0n) is 23.2. The van der Waals surface area contributed by atoms with Crippen molar-refractivity contribution in [2.75, 3.05) is 0 Å². The fourth-order valence-corrected chi connectivity index (χ4v) is 6.73. The summed E-state index contributed by atoms with van der Waals surface area (Å²) in [6.45, 7) is 0. The van der Waals surface area contributed by atoms with Crippen LogP contribution >= 0.6 is 11.3 Å². The van der Waals surface area contributed by atoms with E-state index in [1.165, 1.54) is 42.4 Å². The Hall–Kier alpha value is -5.45. The first kappa shape index (κ1) is 25.3. The van der Waals surface area contributed by atoms with E-state index in [4.69, 9.17) is 15.0 Å². The van der Waals surface area contributed by atoms with E-state index in [2.05, 4.69) is 91.0 Å². The van der Waals surface area contributed by atoms with E-state index >= 15 is 0 Å². The average Bonchev–Trinajstić information content (AvgIpc) is 3.46. The summed E-state index contributed by atoms with van der Waals surface area (Å²) in [5.41, 5.74) is 7.80. The van der Waals surface area contributed by atoms with Crippen LogP contribution in [0.1, 0.15) is 0 Å². The Kier molecular flexibility index (Phi) is 6.32. The third-order valence-electron chi connectivity index (χ3n) is 7.73. The zero-order chi connectivity index (χ0) is 28.6. The minimum absolute atomic E-state index is 0.670. The maximum Gasteiger partial charge on any atom is 0.164 e. The fourth-order valence-electron chi connectivity index (χ4n) is 5.54. The van der Waals surface area contributed by atoms with Gasteiger partial charge in [-0.2, -0.15) is 0 Å². The molecule has 2 heterocycles. The number of aromatic nitrogens is 3. The number of nitrogens with zero attached hydrogens (tertiary/aromatic N) is 3. The molecule has 0 aliphatic heterocycles. The van der Waals surface area contributed by atoms with Crippen molar-refractivity contribution in [3.8, 4) is 56.4 Å². The van der Waals surface area contributed by atoms with Crippen molar-refractivity contribution in [1.82, 2.24) is 15.0 Å². The molecule has 0 aliphatic carbocycles. The van der Waals surface area contributed by atoms with Crippen LogP contribution in [0.5, 0.6) is 0 Å². The van der Waals surface area contributed by atoms with Gasteiger partial charge < -0.3 is 0 Å². The average molecular weight is 568 g/mol. The second-order valence-electron chi connectivity index (χ2n) is 10.5. The normalized spacial score (nSPS) is 11.3. The topological polar surface area (TPSA) is 38.7 Å².